The molecule has 0 unspecified atom stereocenters. The van der Waals surface area contributed by atoms with E-state index in [9.17, 15) is 4.79 Å². The molecule has 0 bridgehead atoms. The number of nitrogens with one attached hydrogen (secondary N) is 2. The van der Waals surface area contributed by atoms with Gasteiger partial charge in [0.25, 0.3) is 0 Å². The molecule has 5 heteroatoms. The van der Waals surface area contributed by atoms with Gasteiger partial charge in [-0.3, -0.25) is 0 Å². The van der Waals surface area contributed by atoms with E-state index in [2.05, 4.69) is 10.6 Å². The molecule has 0 aromatic rings. The summed E-state index contributed by atoms with van der Waals surface area (Å²) < 4.78 is 0. The van der Waals surface area contributed by atoms with Gasteiger partial charge in [0.1, 0.15) is 0 Å². The van der Waals surface area contributed by atoms with Crippen LogP contribution >= 0.6 is 0 Å². The van der Waals surface area contributed by atoms with Gasteiger partial charge in [0.05, 0.1) is 0 Å². The number of carbonyl (C=O) groups is 1. The molecule has 0 aliphatic rings. The van der Waals surface area contributed by atoms with Crippen LogP contribution in [0.3, 0.4) is 0 Å². The first-order chi connectivity index (χ1) is 6.22. The van der Waals surface area contributed by atoms with Crippen LogP contribution in [0.4, 0.5) is 4.79 Å². The van der Waals surface area contributed by atoms with Crippen molar-refractivity contribution in [1.82, 2.24) is 10.6 Å². The summed E-state index contributed by atoms with van der Waals surface area (Å²) >= 11 is 0. The lowest BCUT2D eigenvalue weighted by atomic mass is 10.1. The van der Waals surface area contributed by atoms with E-state index in [1.54, 1.807) is 0 Å². The summed E-state index contributed by atoms with van der Waals surface area (Å²) in [5.74, 6) is 0. The summed E-state index contributed by atoms with van der Waals surface area (Å²) in [6.45, 7) is 8.24. The van der Waals surface area contributed by atoms with Gasteiger partial charge in [-0.25, -0.2) is 4.79 Å². The number of amides is 2. The van der Waals surface area contributed by atoms with Crippen molar-refractivity contribution >= 4 is 6.03 Å². The van der Waals surface area contributed by atoms with E-state index in [0.29, 0.717) is 13.1 Å². The first kappa shape index (κ1) is 13.2. The first-order valence-corrected chi connectivity index (χ1v) is 4.73. The second-order valence-electron chi connectivity index (χ2n) is 4.76. The highest BCUT2D eigenvalue weighted by molar-refractivity contribution is 5.75. The number of urea groups is 1. The molecule has 0 rings (SSSR count). The van der Waals surface area contributed by atoms with Gasteiger partial charge in [0.15, 0.2) is 0 Å². The highest BCUT2D eigenvalue weighted by Crippen LogP contribution is 2.01. The zero-order valence-corrected chi connectivity index (χ0v) is 9.48. The average molecular weight is 202 g/mol. The van der Waals surface area contributed by atoms with Crippen molar-refractivity contribution in [1.29, 1.82) is 0 Å². The molecular weight excluding hydrogens is 180 g/mol. The molecular formula is C9H22N4O. The Hall–Kier alpha value is -0.810. The smallest absolute Gasteiger partial charge is 0.315 e. The molecule has 14 heavy (non-hydrogen) atoms. The molecule has 5 nitrogen and oxygen atoms in total. The highest BCUT2D eigenvalue weighted by atomic mass is 16.2. The predicted molar refractivity (Wildman–Crippen MR) is 57.9 cm³/mol. The largest absolute Gasteiger partial charge is 0.332 e. The Bertz CT molecular complexity index is 181. The number of nitrogens with two attached hydrogens (primary N) is 2. The normalized spacial score (nSPS) is 12.4. The third-order valence-electron chi connectivity index (χ3n) is 1.92. The molecule has 2 amide bonds. The summed E-state index contributed by atoms with van der Waals surface area (Å²) in [6.07, 6.45) is 0. The lowest BCUT2D eigenvalue weighted by molar-refractivity contribution is 0.220. The summed E-state index contributed by atoms with van der Waals surface area (Å²) in [4.78, 5) is 11.5. The van der Waals surface area contributed by atoms with E-state index in [0.717, 1.165) is 0 Å². The molecule has 0 heterocycles. The molecule has 0 aromatic carbocycles. The maximum atomic E-state index is 11.5. The van der Waals surface area contributed by atoms with E-state index < -0.39 is 11.1 Å². The predicted octanol–water partition coefficient (Wildman–Crippen LogP) is -0.240. The van der Waals surface area contributed by atoms with Crippen LogP contribution in [0.5, 0.6) is 0 Å². The minimum absolute atomic E-state index is 0.240. The van der Waals surface area contributed by atoms with Crippen LogP contribution in [0.1, 0.15) is 27.7 Å². The SMILES string of the molecule is CC(C)(CN)NC(=O)NC(C)(C)CN. The maximum absolute atomic E-state index is 11.5. The van der Waals surface area contributed by atoms with Gasteiger partial charge in [-0.1, -0.05) is 0 Å². The van der Waals surface area contributed by atoms with Crippen LogP contribution in [-0.4, -0.2) is 30.2 Å². The molecule has 0 saturated carbocycles. The van der Waals surface area contributed by atoms with Gasteiger partial charge >= 0.3 is 6.03 Å². The Balaban J connectivity index is 4.12. The molecule has 0 atom stereocenters. The summed E-state index contributed by atoms with van der Waals surface area (Å²) in [5, 5.41) is 5.53. The van der Waals surface area contributed by atoms with Crippen LogP contribution < -0.4 is 22.1 Å². The standard InChI is InChI=1S/C9H22N4O/c1-8(2,5-10)12-7(14)13-9(3,4)6-11/h5-6,10-11H2,1-4H3,(H2,12,13,14). The molecule has 84 valence electrons. The zero-order chi connectivity index (χ0) is 11.4. The summed E-state index contributed by atoms with van der Waals surface area (Å²) in [5.41, 5.74) is 10.2. The van der Waals surface area contributed by atoms with Crippen molar-refractivity contribution in [3.05, 3.63) is 0 Å². The van der Waals surface area contributed by atoms with E-state index in [4.69, 9.17) is 11.5 Å². The average Bonchev–Trinajstić information content (AvgIpc) is 2.02. The van der Waals surface area contributed by atoms with Crippen LogP contribution in [0, 0.1) is 0 Å². The van der Waals surface area contributed by atoms with Gasteiger partial charge in [0, 0.05) is 24.2 Å². The highest BCUT2D eigenvalue weighted by Gasteiger charge is 2.22. The number of hydrogen-bond acceptors (Lipinski definition) is 3. The van der Waals surface area contributed by atoms with Crippen LogP contribution in [0.15, 0.2) is 0 Å². The maximum Gasteiger partial charge on any atom is 0.315 e. The minimum atomic E-state index is -0.394. The van der Waals surface area contributed by atoms with Gasteiger partial charge < -0.3 is 22.1 Å². The summed E-state index contributed by atoms with van der Waals surface area (Å²) in [7, 11) is 0. The van der Waals surface area contributed by atoms with E-state index in [-0.39, 0.29) is 6.03 Å². The molecule has 0 aromatic heterocycles. The van der Waals surface area contributed by atoms with Gasteiger partial charge in [-0.2, -0.15) is 0 Å². The molecule has 0 radical (unpaired) electrons. The van der Waals surface area contributed by atoms with Crippen LogP contribution in [0.2, 0.25) is 0 Å². The number of rotatable bonds is 4. The fourth-order valence-corrected chi connectivity index (χ4v) is 0.748. The second kappa shape index (κ2) is 4.61. The van der Waals surface area contributed by atoms with E-state index in [1.807, 2.05) is 27.7 Å². The number of hydrogen-bond donors (Lipinski definition) is 4. The van der Waals surface area contributed by atoms with Crippen molar-refractivity contribution in [2.75, 3.05) is 13.1 Å². The van der Waals surface area contributed by atoms with Crippen LogP contribution in [0.25, 0.3) is 0 Å². The quantitative estimate of drug-likeness (QED) is 0.507. The topological polar surface area (TPSA) is 93.2 Å². The lowest BCUT2D eigenvalue weighted by Crippen LogP contribution is -2.58. The minimum Gasteiger partial charge on any atom is -0.332 e. The van der Waals surface area contributed by atoms with Crippen molar-refractivity contribution in [3.8, 4) is 0 Å². The van der Waals surface area contributed by atoms with E-state index >= 15 is 0 Å². The molecule has 0 spiro atoms. The second-order valence-corrected chi connectivity index (χ2v) is 4.76. The first-order valence-electron chi connectivity index (χ1n) is 4.73. The molecule has 0 saturated heterocycles. The monoisotopic (exact) mass is 202 g/mol. The Morgan fingerprint density at radius 1 is 1.00 bits per heavy atom. The summed E-state index contributed by atoms with van der Waals surface area (Å²) in [6, 6.07) is -0.240. The Labute approximate surface area is 85.6 Å². The molecule has 0 aliphatic carbocycles. The molecule has 6 N–H and O–H groups in total. The zero-order valence-electron chi connectivity index (χ0n) is 9.48. The molecule has 0 aliphatic heterocycles. The van der Waals surface area contributed by atoms with Gasteiger partial charge in [-0.05, 0) is 27.7 Å². The van der Waals surface area contributed by atoms with Crippen molar-refractivity contribution in [3.63, 3.8) is 0 Å². The Morgan fingerprint density at radius 2 is 1.29 bits per heavy atom. The van der Waals surface area contributed by atoms with Crippen molar-refractivity contribution in [2.45, 2.75) is 38.8 Å². The van der Waals surface area contributed by atoms with Gasteiger partial charge in [0.2, 0.25) is 0 Å². The molecule has 0 fully saturated rings. The van der Waals surface area contributed by atoms with Crippen molar-refractivity contribution in [2.24, 2.45) is 11.5 Å². The van der Waals surface area contributed by atoms with Crippen molar-refractivity contribution < 1.29 is 4.79 Å². The van der Waals surface area contributed by atoms with E-state index in [1.165, 1.54) is 0 Å². The fraction of sp³-hybridized carbons (Fsp3) is 0.889. The van der Waals surface area contributed by atoms with Crippen LogP contribution in [-0.2, 0) is 0 Å². The third-order valence-corrected chi connectivity index (χ3v) is 1.92. The number of carbonyl (C=O) groups excluding carboxylic acids is 1. The Morgan fingerprint density at radius 3 is 1.50 bits per heavy atom. The fourth-order valence-electron chi connectivity index (χ4n) is 0.748. The van der Waals surface area contributed by atoms with Gasteiger partial charge in [-0.15, -0.1) is 0 Å². The lowest BCUT2D eigenvalue weighted by Gasteiger charge is -2.29. The third kappa shape index (κ3) is 5.04. The Kier molecular flexibility index (Phi) is 4.35.